The molecule has 1 amide bonds. The third-order valence-electron chi connectivity index (χ3n) is 3.62. The maximum atomic E-state index is 11.9. The van der Waals surface area contributed by atoms with Crippen LogP contribution in [0.3, 0.4) is 0 Å². The Morgan fingerprint density at radius 3 is 2.45 bits per heavy atom. The van der Waals surface area contributed by atoms with Crippen molar-refractivity contribution in [1.29, 1.82) is 0 Å². The van der Waals surface area contributed by atoms with Gasteiger partial charge in [0.05, 0.1) is 5.39 Å². The van der Waals surface area contributed by atoms with Crippen LogP contribution in [0.5, 0.6) is 0 Å². The molecule has 2 heterocycles. The molecule has 2 aromatic heterocycles. The van der Waals surface area contributed by atoms with E-state index in [0.29, 0.717) is 16.9 Å². The molecule has 5 nitrogen and oxygen atoms in total. The highest BCUT2D eigenvalue weighted by molar-refractivity contribution is 6.15. The van der Waals surface area contributed by atoms with Crippen molar-refractivity contribution >= 4 is 27.8 Å². The summed E-state index contributed by atoms with van der Waals surface area (Å²) in [7, 11) is 0. The molecule has 0 saturated heterocycles. The standard InChI is InChI=1S/C17H12N4O/c18-15(22)14-13-11-8-4-5-9-12(11)19-17(13)21-16(20-14)10-6-2-1-3-7-10/h1-9H,(H2,18,22)(H,19,20,21). The van der Waals surface area contributed by atoms with Gasteiger partial charge in [-0.2, -0.15) is 0 Å². The minimum atomic E-state index is -0.561. The van der Waals surface area contributed by atoms with E-state index in [1.807, 2.05) is 54.6 Å². The minimum absolute atomic E-state index is 0.237. The summed E-state index contributed by atoms with van der Waals surface area (Å²) in [6, 6.07) is 17.2. The van der Waals surface area contributed by atoms with Gasteiger partial charge < -0.3 is 10.7 Å². The molecule has 4 rings (SSSR count). The Labute approximate surface area is 125 Å². The first-order chi connectivity index (χ1) is 10.7. The lowest BCUT2D eigenvalue weighted by Crippen LogP contribution is -2.14. The minimum Gasteiger partial charge on any atom is -0.364 e. The van der Waals surface area contributed by atoms with Crippen LogP contribution in [0.2, 0.25) is 0 Å². The largest absolute Gasteiger partial charge is 0.364 e. The summed E-state index contributed by atoms with van der Waals surface area (Å²) < 4.78 is 0. The first kappa shape index (κ1) is 12.5. The smallest absolute Gasteiger partial charge is 0.268 e. The molecule has 0 aliphatic carbocycles. The predicted octanol–water partition coefficient (Wildman–Crippen LogP) is 2.88. The highest BCUT2D eigenvalue weighted by atomic mass is 16.1. The van der Waals surface area contributed by atoms with Crippen LogP contribution < -0.4 is 5.73 Å². The van der Waals surface area contributed by atoms with Gasteiger partial charge in [0.25, 0.3) is 5.91 Å². The summed E-state index contributed by atoms with van der Waals surface area (Å²) in [5.41, 5.74) is 8.13. The predicted molar refractivity (Wildman–Crippen MR) is 85.3 cm³/mol. The second kappa shape index (κ2) is 4.66. The summed E-state index contributed by atoms with van der Waals surface area (Å²) in [5, 5.41) is 1.56. The van der Waals surface area contributed by atoms with Crippen LogP contribution >= 0.6 is 0 Å². The van der Waals surface area contributed by atoms with Crippen molar-refractivity contribution in [2.24, 2.45) is 5.73 Å². The first-order valence-corrected chi connectivity index (χ1v) is 6.88. The van der Waals surface area contributed by atoms with Gasteiger partial charge in [0.2, 0.25) is 0 Å². The Hall–Kier alpha value is -3.21. The number of amides is 1. The number of primary amides is 1. The van der Waals surface area contributed by atoms with E-state index in [-0.39, 0.29) is 5.69 Å². The normalized spacial score (nSPS) is 11.1. The highest BCUT2D eigenvalue weighted by Crippen LogP contribution is 2.28. The van der Waals surface area contributed by atoms with Gasteiger partial charge in [-0.05, 0) is 6.07 Å². The summed E-state index contributed by atoms with van der Waals surface area (Å²) >= 11 is 0. The molecule has 0 bridgehead atoms. The number of hydrogen-bond acceptors (Lipinski definition) is 3. The van der Waals surface area contributed by atoms with E-state index in [1.54, 1.807) is 0 Å². The number of rotatable bonds is 2. The van der Waals surface area contributed by atoms with Gasteiger partial charge >= 0.3 is 0 Å². The summed E-state index contributed by atoms with van der Waals surface area (Å²) in [4.78, 5) is 24.0. The van der Waals surface area contributed by atoms with Crippen LogP contribution in [0.25, 0.3) is 33.3 Å². The highest BCUT2D eigenvalue weighted by Gasteiger charge is 2.17. The van der Waals surface area contributed by atoms with Crippen molar-refractivity contribution in [3.05, 3.63) is 60.3 Å². The molecule has 0 aliphatic rings. The molecule has 0 saturated carbocycles. The molecule has 22 heavy (non-hydrogen) atoms. The lowest BCUT2D eigenvalue weighted by Gasteiger charge is -2.04. The van der Waals surface area contributed by atoms with Gasteiger partial charge in [-0.1, -0.05) is 48.5 Å². The van der Waals surface area contributed by atoms with Crippen molar-refractivity contribution in [2.45, 2.75) is 0 Å². The Balaban J connectivity index is 2.11. The number of nitrogens with zero attached hydrogens (tertiary/aromatic N) is 2. The molecule has 0 fully saturated rings. The van der Waals surface area contributed by atoms with Crippen molar-refractivity contribution in [1.82, 2.24) is 15.0 Å². The summed E-state index contributed by atoms with van der Waals surface area (Å²) in [6.07, 6.45) is 0. The van der Waals surface area contributed by atoms with Crippen LogP contribution in [-0.4, -0.2) is 20.9 Å². The number of benzene rings is 2. The van der Waals surface area contributed by atoms with Crippen molar-refractivity contribution < 1.29 is 4.79 Å². The Morgan fingerprint density at radius 2 is 1.68 bits per heavy atom. The van der Waals surface area contributed by atoms with Crippen LogP contribution in [0, 0.1) is 0 Å². The molecule has 2 aromatic carbocycles. The number of para-hydroxylation sites is 1. The third-order valence-corrected chi connectivity index (χ3v) is 3.62. The molecule has 0 spiro atoms. The van der Waals surface area contributed by atoms with Crippen LogP contribution in [-0.2, 0) is 0 Å². The van der Waals surface area contributed by atoms with E-state index in [9.17, 15) is 4.79 Å². The van der Waals surface area contributed by atoms with E-state index in [4.69, 9.17) is 5.73 Å². The molecule has 0 aliphatic heterocycles. The number of carbonyl (C=O) groups is 1. The van der Waals surface area contributed by atoms with Crippen LogP contribution in [0.15, 0.2) is 54.6 Å². The van der Waals surface area contributed by atoms with Gasteiger partial charge in [0.15, 0.2) is 5.82 Å². The fourth-order valence-corrected chi connectivity index (χ4v) is 2.64. The molecule has 4 aromatic rings. The lowest BCUT2D eigenvalue weighted by molar-refractivity contribution is 0.0997. The number of carbonyl (C=O) groups excluding carboxylic acids is 1. The average molecular weight is 288 g/mol. The van der Waals surface area contributed by atoms with Gasteiger partial charge in [-0.15, -0.1) is 0 Å². The van der Waals surface area contributed by atoms with E-state index in [2.05, 4.69) is 15.0 Å². The summed E-state index contributed by atoms with van der Waals surface area (Å²) in [5.74, 6) is -0.0807. The zero-order valence-electron chi connectivity index (χ0n) is 11.6. The average Bonchev–Trinajstić information content (AvgIpc) is 2.93. The van der Waals surface area contributed by atoms with E-state index < -0.39 is 5.91 Å². The van der Waals surface area contributed by atoms with Crippen LogP contribution in [0.4, 0.5) is 0 Å². The quantitative estimate of drug-likeness (QED) is 0.594. The topological polar surface area (TPSA) is 84.7 Å². The second-order valence-electron chi connectivity index (χ2n) is 5.02. The second-order valence-corrected chi connectivity index (χ2v) is 5.02. The number of hydrogen-bond donors (Lipinski definition) is 2. The number of aromatic nitrogens is 3. The van der Waals surface area contributed by atoms with Gasteiger partial charge in [0.1, 0.15) is 11.3 Å². The van der Waals surface area contributed by atoms with Crippen molar-refractivity contribution in [3.63, 3.8) is 0 Å². The SMILES string of the molecule is NC(=O)c1nc(-c2ccccc2)nc2[nH]c3ccccc3c12. The van der Waals surface area contributed by atoms with E-state index in [0.717, 1.165) is 16.5 Å². The molecular formula is C17H12N4O. The maximum absolute atomic E-state index is 11.9. The number of fused-ring (bicyclic) bond motifs is 3. The van der Waals surface area contributed by atoms with E-state index >= 15 is 0 Å². The molecule has 3 N–H and O–H groups in total. The zero-order chi connectivity index (χ0) is 15.1. The molecular weight excluding hydrogens is 276 g/mol. The zero-order valence-corrected chi connectivity index (χ0v) is 11.6. The number of nitrogens with one attached hydrogen (secondary N) is 1. The monoisotopic (exact) mass is 288 g/mol. The molecule has 0 radical (unpaired) electrons. The Kier molecular flexibility index (Phi) is 2.66. The molecule has 0 unspecified atom stereocenters. The Bertz CT molecular complexity index is 1010. The molecule has 0 atom stereocenters. The van der Waals surface area contributed by atoms with Crippen molar-refractivity contribution in [2.75, 3.05) is 0 Å². The van der Waals surface area contributed by atoms with Gasteiger partial charge in [-0.25, -0.2) is 9.97 Å². The summed E-state index contributed by atoms with van der Waals surface area (Å²) in [6.45, 7) is 0. The number of H-pyrrole nitrogens is 1. The Morgan fingerprint density at radius 1 is 0.955 bits per heavy atom. The molecule has 106 valence electrons. The van der Waals surface area contributed by atoms with Gasteiger partial charge in [-0.3, -0.25) is 4.79 Å². The number of nitrogens with two attached hydrogens (primary N) is 1. The number of aromatic amines is 1. The molecule has 5 heteroatoms. The fourth-order valence-electron chi connectivity index (χ4n) is 2.64. The fraction of sp³-hybridized carbons (Fsp3) is 0. The van der Waals surface area contributed by atoms with Crippen molar-refractivity contribution in [3.8, 4) is 11.4 Å². The maximum Gasteiger partial charge on any atom is 0.268 e. The third kappa shape index (κ3) is 1.83. The van der Waals surface area contributed by atoms with Gasteiger partial charge in [0, 0.05) is 16.5 Å². The van der Waals surface area contributed by atoms with E-state index in [1.165, 1.54) is 0 Å². The van der Waals surface area contributed by atoms with Crippen LogP contribution in [0.1, 0.15) is 10.5 Å². The lowest BCUT2D eigenvalue weighted by atomic mass is 10.1. The first-order valence-electron chi connectivity index (χ1n) is 6.88.